The molecule has 2 aromatic carbocycles. The number of hydrogen-bond donors (Lipinski definition) is 2. The van der Waals surface area contributed by atoms with E-state index in [0.717, 1.165) is 27.8 Å². The van der Waals surface area contributed by atoms with Gasteiger partial charge in [0.25, 0.3) is 0 Å². The van der Waals surface area contributed by atoms with Crippen LogP contribution in [-0.4, -0.2) is 12.5 Å². The third kappa shape index (κ3) is 3.61. The van der Waals surface area contributed by atoms with E-state index in [-0.39, 0.29) is 5.91 Å². The fourth-order valence-corrected chi connectivity index (χ4v) is 3.40. The molecule has 0 saturated carbocycles. The molecule has 0 aromatic heterocycles. The second kappa shape index (κ2) is 7.13. The average Bonchev–Trinajstić information content (AvgIpc) is 2.55. The third-order valence-corrected chi connectivity index (χ3v) is 4.92. The van der Waals surface area contributed by atoms with Gasteiger partial charge in [0.05, 0.1) is 12.2 Å². The Balaban J connectivity index is 1.63. The van der Waals surface area contributed by atoms with Crippen molar-refractivity contribution in [2.24, 2.45) is 0 Å². The van der Waals surface area contributed by atoms with Crippen molar-refractivity contribution in [3.05, 3.63) is 57.2 Å². The monoisotopic (exact) mass is 406 g/mol. The van der Waals surface area contributed by atoms with Gasteiger partial charge in [-0.3, -0.25) is 4.79 Å². The Hall–Kier alpha value is -1.56. The number of carbonyl (C=O) groups excluding carboxylic acids is 1. The molecule has 4 heteroatoms. The number of halogens is 1. The Kier molecular flexibility index (Phi) is 4.97. The summed E-state index contributed by atoms with van der Waals surface area (Å²) in [5, 5.41) is 6.25. The molecule has 3 nitrogen and oxygen atoms in total. The molecule has 1 aliphatic rings. The number of hydrogen-bond acceptors (Lipinski definition) is 2. The first-order chi connectivity index (χ1) is 10.7. The van der Waals surface area contributed by atoms with Crippen LogP contribution in [0.1, 0.15) is 24.0 Å². The van der Waals surface area contributed by atoms with Crippen molar-refractivity contribution in [2.75, 3.05) is 17.2 Å². The van der Waals surface area contributed by atoms with Gasteiger partial charge in [0, 0.05) is 9.26 Å². The van der Waals surface area contributed by atoms with Crippen LogP contribution in [0.15, 0.2) is 42.5 Å². The van der Waals surface area contributed by atoms with Crippen LogP contribution in [0, 0.1) is 3.57 Å². The second-order valence-corrected chi connectivity index (χ2v) is 6.69. The van der Waals surface area contributed by atoms with Crippen LogP contribution in [0.3, 0.4) is 0 Å². The highest BCUT2D eigenvalue weighted by Crippen LogP contribution is 2.27. The van der Waals surface area contributed by atoms with Crippen molar-refractivity contribution in [1.82, 2.24) is 0 Å². The van der Waals surface area contributed by atoms with Crippen molar-refractivity contribution >= 4 is 39.9 Å². The topological polar surface area (TPSA) is 41.1 Å². The predicted octanol–water partition coefficient (Wildman–Crippen LogP) is 4.22. The van der Waals surface area contributed by atoms with Gasteiger partial charge in [-0.25, -0.2) is 0 Å². The first-order valence-electron chi connectivity index (χ1n) is 7.63. The SMILES string of the molecule is O=C(CNc1cccc2c1CCCC2)Nc1ccccc1I. The van der Waals surface area contributed by atoms with Crippen LogP contribution in [-0.2, 0) is 17.6 Å². The number of para-hydroxylation sites is 1. The molecule has 22 heavy (non-hydrogen) atoms. The molecule has 0 radical (unpaired) electrons. The number of anilines is 2. The summed E-state index contributed by atoms with van der Waals surface area (Å²) >= 11 is 2.23. The lowest BCUT2D eigenvalue weighted by Gasteiger charge is -2.20. The second-order valence-electron chi connectivity index (χ2n) is 5.53. The zero-order valence-electron chi connectivity index (χ0n) is 12.4. The van der Waals surface area contributed by atoms with E-state index in [1.54, 1.807) is 0 Å². The number of aryl methyl sites for hydroxylation is 1. The highest BCUT2D eigenvalue weighted by atomic mass is 127. The fourth-order valence-electron chi connectivity index (χ4n) is 2.88. The maximum Gasteiger partial charge on any atom is 0.243 e. The normalized spacial score (nSPS) is 13.3. The molecule has 0 aliphatic heterocycles. The number of benzene rings is 2. The lowest BCUT2D eigenvalue weighted by atomic mass is 9.90. The van der Waals surface area contributed by atoms with E-state index in [1.807, 2.05) is 24.3 Å². The van der Waals surface area contributed by atoms with E-state index >= 15 is 0 Å². The zero-order valence-corrected chi connectivity index (χ0v) is 14.5. The molecule has 114 valence electrons. The Morgan fingerprint density at radius 3 is 2.64 bits per heavy atom. The van der Waals surface area contributed by atoms with Crippen LogP contribution >= 0.6 is 22.6 Å². The van der Waals surface area contributed by atoms with Crippen LogP contribution in [0.2, 0.25) is 0 Å². The Morgan fingerprint density at radius 1 is 1.00 bits per heavy atom. The van der Waals surface area contributed by atoms with E-state index in [2.05, 4.69) is 51.4 Å². The highest BCUT2D eigenvalue weighted by Gasteiger charge is 2.13. The van der Waals surface area contributed by atoms with Gasteiger partial charge in [-0.05, 0) is 77.6 Å². The summed E-state index contributed by atoms with van der Waals surface area (Å²) in [6.07, 6.45) is 4.76. The van der Waals surface area contributed by atoms with Crippen LogP contribution in [0.25, 0.3) is 0 Å². The highest BCUT2D eigenvalue weighted by molar-refractivity contribution is 14.1. The van der Waals surface area contributed by atoms with Crippen molar-refractivity contribution in [1.29, 1.82) is 0 Å². The zero-order chi connectivity index (χ0) is 15.4. The summed E-state index contributed by atoms with van der Waals surface area (Å²) in [5.74, 6) is -0.0162. The molecular weight excluding hydrogens is 387 g/mol. The summed E-state index contributed by atoms with van der Waals surface area (Å²) in [4.78, 5) is 12.1. The van der Waals surface area contributed by atoms with Gasteiger partial charge in [-0.1, -0.05) is 24.3 Å². The molecule has 0 saturated heterocycles. The van der Waals surface area contributed by atoms with E-state index in [0.29, 0.717) is 6.54 Å². The fraction of sp³-hybridized carbons (Fsp3) is 0.278. The number of amides is 1. The van der Waals surface area contributed by atoms with Crippen LogP contribution in [0.4, 0.5) is 11.4 Å². The number of nitrogens with one attached hydrogen (secondary N) is 2. The third-order valence-electron chi connectivity index (χ3n) is 3.98. The van der Waals surface area contributed by atoms with Crippen molar-refractivity contribution < 1.29 is 4.79 Å². The van der Waals surface area contributed by atoms with Crippen molar-refractivity contribution in [3.8, 4) is 0 Å². The summed E-state index contributed by atoms with van der Waals surface area (Å²) in [6, 6.07) is 14.1. The lowest BCUT2D eigenvalue weighted by molar-refractivity contribution is -0.114. The van der Waals surface area contributed by atoms with Gasteiger partial charge in [-0.2, -0.15) is 0 Å². The Morgan fingerprint density at radius 2 is 1.77 bits per heavy atom. The molecule has 0 fully saturated rings. The van der Waals surface area contributed by atoms with Crippen molar-refractivity contribution in [3.63, 3.8) is 0 Å². The van der Waals surface area contributed by atoms with Gasteiger partial charge < -0.3 is 10.6 Å². The Labute approximate surface area is 144 Å². The average molecular weight is 406 g/mol. The largest absolute Gasteiger partial charge is 0.376 e. The molecule has 2 aromatic rings. The molecule has 0 heterocycles. The van der Waals surface area contributed by atoms with E-state index in [9.17, 15) is 4.79 Å². The number of carbonyl (C=O) groups is 1. The minimum atomic E-state index is -0.0162. The number of rotatable bonds is 4. The molecular formula is C18H19IN2O. The predicted molar refractivity (Wildman–Crippen MR) is 99.4 cm³/mol. The maximum atomic E-state index is 12.1. The molecule has 0 spiro atoms. The van der Waals surface area contributed by atoms with E-state index in [1.165, 1.54) is 24.0 Å². The molecule has 3 rings (SSSR count). The van der Waals surface area contributed by atoms with Crippen LogP contribution < -0.4 is 10.6 Å². The smallest absolute Gasteiger partial charge is 0.243 e. The maximum absolute atomic E-state index is 12.1. The molecule has 0 unspecified atom stereocenters. The van der Waals surface area contributed by atoms with Gasteiger partial charge in [0.2, 0.25) is 5.91 Å². The first-order valence-corrected chi connectivity index (χ1v) is 8.71. The standard InChI is InChI=1S/C18H19IN2O/c19-15-9-3-4-10-17(15)21-18(22)12-20-16-11-5-7-13-6-1-2-8-14(13)16/h3-5,7,9-11,20H,1-2,6,8,12H2,(H,21,22). The Bertz CT molecular complexity index is 685. The molecule has 0 atom stereocenters. The van der Waals surface area contributed by atoms with Gasteiger partial charge in [-0.15, -0.1) is 0 Å². The summed E-state index contributed by atoms with van der Waals surface area (Å²) in [6.45, 7) is 0.293. The first kappa shape index (κ1) is 15.3. The lowest BCUT2D eigenvalue weighted by Crippen LogP contribution is -2.23. The van der Waals surface area contributed by atoms with Gasteiger partial charge in [0.1, 0.15) is 0 Å². The molecule has 0 bridgehead atoms. The van der Waals surface area contributed by atoms with Gasteiger partial charge >= 0.3 is 0 Å². The minimum absolute atomic E-state index is 0.0162. The minimum Gasteiger partial charge on any atom is -0.376 e. The number of fused-ring (bicyclic) bond motifs is 1. The van der Waals surface area contributed by atoms with Gasteiger partial charge in [0.15, 0.2) is 0 Å². The summed E-state index contributed by atoms with van der Waals surface area (Å²) in [7, 11) is 0. The summed E-state index contributed by atoms with van der Waals surface area (Å²) < 4.78 is 1.05. The van der Waals surface area contributed by atoms with E-state index in [4.69, 9.17) is 0 Å². The molecule has 2 N–H and O–H groups in total. The molecule has 1 aliphatic carbocycles. The van der Waals surface area contributed by atoms with E-state index < -0.39 is 0 Å². The quantitative estimate of drug-likeness (QED) is 0.747. The van der Waals surface area contributed by atoms with Crippen molar-refractivity contribution in [2.45, 2.75) is 25.7 Å². The summed E-state index contributed by atoms with van der Waals surface area (Å²) in [5.41, 5.74) is 4.78. The molecule has 1 amide bonds. The van der Waals surface area contributed by atoms with Crippen LogP contribution in [0.5, 0.6) is 0 Å².